The number of carbonyl (C=O) groups excluding carboxylic acids is 1. The van der Waals surface area contributed by atoms with E-state index in [0.29, 0.717) is 13.1 Å². The van der Waals surface area contributed by atoms with Crippen molar-refractivity contribution in [2.24, 2.45) is 0 Å². The van der Waals surface area contributed by atoms with Crippen LogP contribution in [0, 0.1) is 0 Å². The van der Waals surface area contributed by atoms with Crippen molar-refractivity contribution in [3.63, 3.8) is 0 Å². The standard InChI is InChI=1S/C28H27NO3/c1-31-26-12-6-10-22(16-26)14-24-19-29(18-21-8-4-3-5-9-21)20-25(28(24)30)15-23-11-7-13-27(17-23)32-2/h3-17H,18-20H2,1-2H3/p+1/b24-14-,25-15-. The largest absolute Gasteiger partial charge is 0.497 e. The molecule has 0 radical (unpaired) electrons. The number of piperidine rings is 1. The van der Waals surface area contributed by atoms with E-state index in [2.05, 4.69) is 24.3 Å². The number of quaternary nitrogens is 1. The number of carbonyl (C=O) groups is 1. The number of likely N-dealkylation sites (tertiary alicyclic amines) is 1. The highest BCUT2D eigenvalue weighted by Crippen LogP contribution is 2.20. The molecular weight excluding hydrogens is 398 g/mol. The maximum absolute atomic E-state index is 13.4. The number of benzene rings is 3. The minimum atomic E-state index is 0.104. The quantitative estimate of drug-likeness (QED) is 0.609. The summed E-state index contributed by atoms with van der Waals surface area (Å²) in [4.78, 5) is 14.8. The summed E-state index contributed by atoms with van der Waals surface area (Å²) in [7, 11) is 3.30. The lowest BCUT2D eigenvalue weighted by atomic mass is 9.93. The van der Waals surface area contributed by atoms with E-state index in [0.717, 1.165) is 40.3 Å². The van der Waals surface area contributed by atoms with Gasteiger partial charge in [0.05, 0.1) is 25.4 Å². The van der Waals surface area contributed by atoms with Gasteiger partial charge < -0.3 is 14.4 Å². The van der Waals surface area contributed by atoms with Gasteiger partial charge in [0, 0.05) is 5.56 Å². The number of hydrogen-bond donors (Lipinski definition) is 1. The van der Waals surface area contributed by atoms with Gasteiger partial charge in [-0.3, -0.25) is 4.79 Å². The van der Waals surface area contributed by atoms with Gasteiger partial charge in [-0.25, -0.2) is 0 Å². The van der Waals surface area contributed by atoms with Gasteiger partial charge in [0.1, 0.15) is 31.1 Å². The van der Waals surface area contributed by atoms with E-state index in [1.54, 1.807) is 14.2 Å². The van der Waals surface area contributed by atoms with Crippen LogP contribution >= 0.6 is 0 Å². The minimum Gasteiger partial charge on any atom is -0.497 e. The zero-order valence-electron chi connectivity index (χ0n) is 18.5. The summed E-state index contributed by atoms with van der Waals surface area (Å²) in [5.74, 6) is 1.67. The van der Waals surface area contributed by atoms with Crippen LogP contribution in [0.2, 0.25) is 0 Å². The average Bonchev–Trinajstić information content (AvgIpc) is 2.83. The predicted molar refractivity (Wildman–Crippen MR) is 128 cm³/mol. The highest BCUT2D eigenvalue weighted by atomic mass is 16.5. The third kappa shape index (κ3) is 5.34. The molecule has 3 aromatic rings. The molecule has 1 heterocycles. The summed E-state index contributed by atoms with van der Waals surface area (Å²) in [6, 6.07) is 26.0. The number of Topliss-reactive ketones (excluding diaryl/α,β-unsaturated/α-hetero) is 1. The molecule has 1 aliphatic rings. The Balaban J connectivity index is 1.69. The molecule has 0 saturated carbocycles. The van der Waals surface area contributed by atoms with Crippen molar-refractivity contribution in [2.45, 2.75) is 6.54 Å². The predicted octanol–water partition coefficient (Wildman–Crippen LogP) is 3.84. The second-order valence-corrected chi connectivity index (χ2v) is 7.99. The summed E-state index contributed by atoms with van der Waals surface area (Å²) in [5.41, 5.74) is 4.82. The van der Waals surface area contributed by atoms with Crippen LogP contribution in [0.1, 0.15) is 16.7 Å². The van der Waals surface area contributed by atoms with Gasteiger partial charge in [0.25, 0.3) is 0 Å². The first kappa shape index (κ1) is 21.6. The van der Waals surface area contributed by atoms with E-state index in [4.69, 9.17) is 9.47 Å². The highest BCUT2D eigenvalue weighted by Gasteiger charge is 2.29. The summed E-state index contributed by atoms with van der Waals surface area (Å²) < 4.78 is 10.7. The van der Waals surface area contributed by atoms with Crippen LogP contribution in [0.3, 0.4) is 0 Å². The van der Waals surface area contributed by atoms with Crippen LogP contribution < -0.4 is 14.4 Å². The van der Waals surface area contributed by atoms with E-state index in [1.807, 2.05) is 66.7 Å². The van der Waals surface area contributed by atoms with Gasteiger partial charge in [-0.05, 0) is 47.5 Å². The molecule has 0 atom stereocenters. The topological polar surface area (TPSA) is 40.0 Å². The van der Waals surface area contributed by atoms with E-state index in [-0.39, 0.29) is 5.78 Å². The first-order valence-corrected chi connectivity index (χ1v) is 10.8. The SMILES string of the molecule is COc1cccc(/C=C2/C[NH+](Cc3ccccc3)C/C(=C/c3cccc(OC)c3)C2=O)c1. The Hall–Kier alpha value is -3.63. The van der Waals surface area contributed by atoms with Crippen LogP contribution in [-0.4, -0.2) is 33.1 Å². The van der Waals surface area contributed by atoms with E-state index >= 15 is 0 Å². The van der Waals surface area contributed by atoms with Crippen LogP contribution in [-0.2, 0) is 11.3 Å². The summed E-state index contributed by atoms with van der Waals surface area (Å²) in [6.45, 7) is 2.22. The fraction of sp³-hybridized carbons (Fsp3) is 0.179. The second-order valence-electron chi connectivity index (χ2n) is 7.99. The van der Waals surface area contributed by atoms with Crippen LogP contribution in [0.15, 0.2) is 90.0 Å². The Morgan fingerprint density at radius 3 is 1.78 bits per heavy atom. The second kappa shape index (κ2) is 10.1. The van der Waals surface area contributed by atoms with E-state index < -0.39 is 0 Å². The van der Waals surface area contributed by atoms with Crippen molar-refractivity contribution in [3.05, 3.63) is 107 Å². The average molecular weight is 427 g/mol. The van der Waals surface area contributed by atoms with Crippen molar-refractivity contribution >= 4 is 17.9 Å². The zero-order valence-corrected chi connectivity index (χ0v) is 18.5. The zero-order chi connectivity index (χ0) is 22.3. The van der Waals surface area contributed by atoms with Gasteiger partial charge in [0.2, 0.25) is 0 Å². The summed E-state index contributed by atoms with van der Waals surface area (Å²) in [6.07, 6.45) is 3.99. The molecule has 162 valence electrons. The molecule has 4 nitrogen and oxygen atoms in total. The number of nitrogens with one attached hydrogen (secondary N) is 1. The molecule has 0 aliphatic carbocycles. The minimum absolute atomic E-state index is 0.104. The van der Waals surface area contributed by atoms with Crippen LogP contribution in [0.4, 0.5) is 0 Å². The van der Waals surface area contributed by atoms with Gasteiger partial charge in [-0.2, -0.15) is 0 Å². The molecule has 1 N–H and O–H groups in total. The fourth-order valence-electron chi connectivity index (χ4n) is 4.08. The molecule has 0 unspecified atom stereocenters. The lowest BCUT2D eigenvalue weighted by molar-refractivity contribution is -0.904. The molecule has 0 amide bonds. The number of ketones is 1. The highest BCUT2D eigenvalue weighted by molar-refractivity contribution is 6.14. The van der Waals surface area contributed by atoms with Crippen LogP contribution in [0.25, 0.3) is 12.2 Å². The molecule has 1 aliphatic heterocycles. The molecule has 4 rings (SSSR count). The lowest BCUT2D eigenvalue weighted by Crippen LogP contribution is -3.12. The Kier molecular flexibility index (Phi) is 6.83. The first-order chi connectivity index (χ1) is 15.6. The first-order valence-electron chi connectivity index (χ1n) is 10.8. The third-order valence-electron chi connectivity index (χ3n) is 5.63. The molecule has 3 aromatic carbocycles. The number of methoxy groups -OCH3 is 2. The van der Waals surface area contributed by atoms with Crippen LogP contribution in [0.5, 0.6) is 11.5 Å². The summed E-state index contributed by atoms with van der Waals surface area (Å²) in [5, 5.41) is 0. The van der Waals surface area contributed by atoms with E-state index in [9.17, 15) is 4.79 Å². The fourth-order valence-corrected chi connectivity index (χ4v) is 4.08. The molecule has 1 saturated heterocycles. The molecule has 32 heavy (non-hydrogen) atoms. The maximum atomic E-state index is 13.4. The third-order valence-corrected chi connectivity index (χ3v) is 5.63. The Labute approximate surface area is 189 Å². The van der Waals surface area contributed by atoms with Gasteiger partial charge in [0.15, 0.2) is 5.78 Å². The van der Waals surface area contributed by atoms with Crippen molar-refractivity contribution in [1.82, 2.24) is 0 Å². The molecule has 4 heteroatoms. The Morgan fingerprint density at radius 1 is 0.750 bits per heavy atom. The molecule has 1 fully saturated rings. The molecular formula is C28H28NO3+. The summed E-state index contributed by atoms with van der Waals surface area (Å²) >= 11 is 0. The van der Waals surface area contributed by atoms with Crippen molar-refractivity contribution in [2.75, 3.05) is 27.3 Å². The Morgan fingerprint density at radius 2 is 1.28 bits per heavy atom. The van der Waals surface area contributed by atoms with Crippen molar-refractivity contribution in [3.8, 4) is 11.5 Å². The van der Waals surface area contributed by atoms with Gasteiger partial charge in [-0.15, -0.1) is 0 Å². The number of ether oxygens (including phenoxy) is 2. The van der Waals surface area contributed by atoms with Gasteiger partial charge >= 0.3 is 0 Å². The molecule has 0 bridgehead atoms. The smallest absolute Gasteiger partial charge is 0.196 e. The monoisotopic (exact) mass is 426 g/mol. The van der Waals surface area contributed by atoms with Gasteiger partial charge in [-0.1, -0.05) is 54.6 Å². The van der Waals surface area contributed by atoms with Crippen molar-refractivity contribution in [1.29, 1.82) is 0 Å². The number of rotatable bonds is 6. The maximum Gasteiger partial charge on any atom is 0.196 e. The molecule has 0 spiro atoms. The van der Waals surface area contributed by atoms with Crippen molar-refractivity contribution < 1.29 is 19.2 Å². The lowest BCUT2D eigenvalue weighted by Gasteiger charge is -2.27. The van der Waals surface area contributed by atoms with E-state index in [1.165, 1.54) is 10.5 Å². The molecule has 0 aromatic heterocycles. The number of hydrogen-bond acceptors (Lipinski definition) is 3. The Bertz CT molecular complexity index is 1080. The normalized spacial score (nSPS) is 18.7.